The Balaban J connectivity index is 2.45. The lowest BCUT2D eigenvalue weighted by Crippen LogP contribution is -2.01. The third-order valence-electron chi connectivity index (χ3n) is 1.97. The number of rotatable bonds is 2. The zero-order valence-electron chi connectivity index (χ0n) is 8.49. The molecule has 0 fully saturated rings. The van der Waals surface area contributed by atoms with Crippen molar-refractivity contribution in [1.29, 1.82) is 0 Å². The molecule has 1 heterocycles. The fraction of sp³-hybridized carbons (Fsp3) is 0. The molecule has 0 aliphatic carbocycles. The minimum atomic E-state index is -1.45. The summed E-state index contributed by atoms with van der Waals surface area (Å²) in [6, 6.07) is 4.83. The molecule has 4 nitrogen and oxygen atoms in total. The standard InChI is InChI=1S/C10H4Cl3NO3S/c11-4-1-2-5(6(12)3-4)8-7(13)9(18-14-8)17-10(15)16/h1-3H,(H,15,16). The van der Waals surface area contributed by atoms with Gasteiger partial charge in [-0.25, -0.2) is 4.79 Å². The smallest absolute Gasteiger partial charge is 0.449 e. The molecule has 0 atom stereocenters. The Morgan fingerprint density at radius 2 is 2.06 bits per heavy atom. The fourth-order valence-electron chi connectivity index (χ4n) is 1.26. The van der Waals surface area contributed by atoms with E-state index >= 15 is 0 Å². The van der Waals surface area contributed by atoms with E-state index in [4.69, 9.17) is 39.9 Å². The Morgan fingerprint density at radius 3 is 2.67 bits per heavy atom. The number of ether oxygens (including phenoxy) is 1. The summed E-state index contributed by atoms with van der Waals surface area (Å²) in [7, 11) is 0. The summed E-state index contributed by atoms with van der Waals surface area (Å²) in [6.07, 6.45) is -1.45. The first-order valence-corrected chi connectivity index (χ1v) is 6.41. The van der Waals surface area contributed by atoms with Gasteiger partial charge in [0.2, 0.25) is 5.06 Å². The van der Waals surface area contributed by atoms with Crippen molar-refractivity contribution in [3.63, 3.8) is 0 Å². The third kappa shape index (κ3) is 2.70. The van der Waals surface area contributed by atoms with Crippen molar-refractivity contribution in [2.45, 2.75) is 0 Å². The molecule has 94 valence electrons. The molecule has 0 aliphatic rings. The number of aromatic nitrogens is 1. The molecule has 1 aromatic carbocycles. The predicted molar refractivity (Wildman–Crippen MR) is 71.2 cm³/mol. The SMILES string of the molecule is O=C(O)Oc1snc(-c2ccc(Cl)cc2Cl)c1Cl. The van der Waals surface area contributed by atoms with Gasteiger partial charge in [-0.2, -0.15) is 4.37 Å². The molecule has 18 heavy (non-hydrogen) atoms. The van der Waals surface area contributed by atoms with Crippen LogP contribution >= 0.6 is 46.3 Å². The molecule has 0 spiro atoms. The quantitative estimate of drug-likeness (QED) is 0.804. The summed E-state index contributed by atoms with van der Waals surface area (Å²) in [5, 5.41) is 9.48. The molecule has 1 aromatic heterocycles. The second kappa shape index (κ2) is 5.32. The predicted octanol–water partition coefficient (Wildman–Crippen LogP) is 4.83. The highest BCUT2D eigenvalue weighted by Crippen LogP contribution is 2.41. The molecule has 0 radical (unpaired) electrons. The lowest BCUT2D eigenvalue weighted by molar-refractivity contribution is 0.146. The van der Waals surface area contributed by atoms with Crippen molar-refractivity contribution >= 4 is 52.5 Å². The van der Waals surface area contributed by atoms with Gasteiger partial charge in [-0.05, 0) is 18.2 Å². The fourth-order valence-corrected chi connectivity index (χ4v) is 2.74. The lowest BCUT2D eigenvalue weighted by Gasteiger charge is -2.02. The summed E-state index contributed by atoms with van der Waals surface area (Å²) in [5.41, 5.74) is 0.919. The average molecular weight is 325 g/mol. The summed E-state index contributed by atoms with van der Waals surface area (Å²) in [6.45, 7) is 0. The largest absolute Gasteiger partial charge is 0.512 e. The maximum atomic E-state index is 10.4. The van der Waals surface area contributed by atoms with Crippen molar-refractivity contribution in [1.82, 2.24) is 4.37 Å². The number of hydrogen-bond donors (Lipinski definition) is 1. The highest BCUT2D eigenvalue weighted by atomic mass is 35.5. The van der Waals surface area contributed by atoms with Crippen LogP contribution in [-0.4, -0.2) is 15.6 Å². The number of carbonyl (C=O) groups is 1. The maximum absolute atomic E-state index is 10.4. The molecule has 1 N–H and O–H groups in total. The van der Waals surface area contributed by atoms with E-state index < -0.39 is 6.16 Å². The van der Waals surface area contributed by atoms with Crippen LogP contribution in [0, 0.1) is 0 Å². The van der Waals surface area contributed by atoms with E-state index in [9.17, 15) is 4.79 Å². The topological polar surface area (TPSA) is 59.4 Å². The molecular formula is C10H4Cl3NO3S. The van der Waals surface area contributed by atoms with E-state index in [1.165, 1.54) is 0 Å². The number of hydrogen-bond acceptors (Lipinski definition) is 4. The van der Waals surface area contributed by atoms with Gasteiger partial charge in [-0.1, -0.05) is 34.8 Å². The highest BCUT2D eigenvalue weighted by molar-refractivity contribution is 7.09. The van der Waals surface area contributed by atoms with Crippen LogP contribution in [0.25, 0.3) is 11.3 Å². The molecule has 0 saturated carbocycles. The molecular weight excluding hydrogens is 321 g/mol. The van der Waals surface area contributed by atoms with Crippen molar-refractivity contribution in [2.24, 2.45) is 0 Å². The molecule has 0 bridgehead atoms. The van der Waals surface area contributed by atoms with Crippen LogP contribution in [0.5, 0.6) is 5.06 Å². The van der Waals surface area contributed by atoms with Crippen LogP contribution in [0.4, 0.5) is 4.79 Å². The van der Waals surface area contributed by atoms with E-state index in [1.807, 2.05) is 0 Å². The first kappa shape index (κ1) is 13.4. The molecule has 0 saturated heterocycles. The Morgan fingerprint density at radius 1 is 1.33 bits per heavy atom. The van der Waals surface area contributed by atoms with E-state index in [-0.39, 0.29) is 10.1 Å². The Labute approximate surface area is 121 Å². The van der Waals surface area contributed by atoms with Crippen LogP contribution in [0.1, 0.15) is 0 Å². The van der Waals surface area contributed by atoms with Gasteiger partial charge in [0.15, 0.2) is 0 Å². The van der Waals surface area contributed by atoms with Crippen molar-refractivity contribution < 1.29 is 14.6 Å². The zero-order chi connectivity index (χ0) is 13.3. The second-order valence-corrected chi connectivity index (χ2v) is 5.08. The second-order valence-electron chi connectivity index (χ2n) is 3.12. The molecule has 0 unspecified atom stereocenters. The van der Waals surface area contributed by atoms with Crippen LogP contribution in [-0.2, 0) is 0 Å². The third-order valence-corrected chi connectivity index (χ3v) is 3.71. The Hall–Kier alpha value is -1.01. The maximum Gasteiger partial charge on any atom is 0.512 e. The molecule has 2 rings (SSSR count). The highest BCUT2D eigenvalue weighted by Gasteiger charge is 2.18. The van der Waals surface area contributed by atoms with Gasteiger partial charge in [0, 0.05) is 22.1 Å². The first-order chi connectivity index (χ1) is 8.49. The Bertz CT molecular complexity index is 614. The number of carboxylic acid groups (broad SMARTS) is 1. The van der Waals surface area contributed by atoms with Crippen LogP contribution in [0.15, 0.2) is 18.2 Å². The summed E-state index contributed by atoms with van der Waals surface area (Å²) >= 11 is 18.6. The summed E-state index contributed by atoms with van der Waals surface area (Å²) in [4.78, 5) is 10.4. The zero-order valence-corrected chi connectivity index (χ0v) is 11.6. The number of benzene rings is 1. The average Bonchev–Trinajstić information content (AvgIpc) is 2.60. The minimum Gasteiger partial charge on any atom is -0.449 e. The van der Waals surface area contributed by atoms with Gasteiger partial charge in [0.05, 0.1) is 5.02 Å². The van der Waals surface area contributed by atoms with E-state index in [0.717, 1.165) is 11.5 Å². The molecule has 2 aromatic rings. The van der Waals surface area contributed by atoms with E-state index in [0.29, 0.717) is 21.3 Å². The van der Waals surface area contributed by atoms with Crippen molar-refractivity contribution in [3.8, 4) is 16.3 Å². The van der Waals surface area contributed by atoms with Crippen molar-refractivity contribution in [3.05, 3.63) is 33.3 Å². The Kier molecular flexibility index (Phi) is 3.97. The van der Waals surface area contributed by atoms with Gasteiger partial charge in [-0.3, -0.25) is 0 Å². The van der Waals surface area contributed by atoms with Gasteiger partial charge in [-0.15, -0.1) is 0 Å². The molecule has 0 aliphatic heterocycles. The summed E-state index contributed by atoms with van der Waals surface area (Å²) in [5.74, 6) is 0. The van der Waals surface area contributed by atoms with Crippen molar-refractivity contribution in [2.75, 3.05) is 0 Å². The van der Waals surface area contributed by atoms with E-state index in [2.05, 4.69) is 9.11 Å². The van der Waals surface area contributed by atoms with Gasteiger partial charge in [0.1, 0.15) is 10.7 Å². The summed E-state index contributed by atoms with van der Waals surface area (Å²) < 4.78 is 8.51. The first-order valence-electron chi connectivity index (χ1n) is 4.50. The number of nitrogens with zero attached hydrogens (tertiary/aromatic N) is 1. The van der Waals surface area contributed by atoms with Gasteiger partial charge < -0.3 is 9.84 Å². The van der Waals surface area contributed by atoms with Gasteiger partial charge >= 0.3 is 6.16 Å². The number of halogens is 3. The monoisotopic (exact) mass is 323 g/mol. The molecule has 0 amide bonds. The van der Waals surface area contributed by atoms with Crippen LogP contribution in [0.3, 0.4) is 0 Å². The minimum absolute atomic E-state index is 0.00480. The molecule has 8 heteroatoms. The van der Waals surface area contributed by atoms with Crippen LogP contribution in [0.2, 0.25) is 15.1 Å². The van der Waals surface area contributed by atoms with Crippen LogP contribution < -0.4 is 4.74 Å². The van der Waals surface area contributed by atoms with E-state index in [1.54, 1.807) is 18.2 Å². The normalized spacial score (nSPS) is 10.4. The lowest BCUT2D eigenvalue weighted by atomic mass is 10.1. The van der Waals surface area contributed by atoms with Gasteiger partial charge in [0.25, 0.3) is 0 Å².